The Labute approximate surface area is 125 Å². The summed E-state index contributed by atoms with van der Waals surface area (Å²) in [6.45, 7) is 0.620. The lowest BCUT2D eigenvalue weighted by Gasteiger charge is -2.26. The van der Waals surface area contributed by atoms with Crippen LogP contribution in [0.4, 0.5) is 5.69 Å². The van der Waals surface area contributed by atoms with Gasteiger partial charge >= 0.3 is 0 Å². The maximum atomic E-state index is 12.7. The van der Waals surface area contributed by atoms with Crippen LogP contribution in [0.1, 0.15) is 10.4 Å². The average Bonchev–Trinajstić information content (AvgIpc) is 2.94. The number of sulfonamides is 1. The van der Waals surface area contributed by atoms with Gasteiger partial charge in [0.25, 0.3) is 5.69 Å². The van der Waals surface area contributed by atoms with Gasteiger partial charge in [0, 0.05) is 24.0 Å². The van der Waals surface area contributed by atoms with Crippen molar-refractivity contribution in [3.05, 3.63) is 56.3 Å². The molecule has 21 heavy (non-hydrogen) atoms. The zero-order valence-corrected chi connectivity index (χ0v) is 12.6. The molecule has 1 aliphatic heterocycles. The molecule has 0 N–H and O–H groups in total. The van der Waals surface area contributed by atoms with Gasteiger partial charge < -0.3 is 0 Å². The summed E-state index contributed by atoms with van der Waals surface area (Å²) >= 11 is 1.61. The molecule has 2 aromatic rings. The fourth-order valence-corrected chi connectivity index (χ4v) is 4.86. The van der Waals surface area contributed by atoms with E-state index in [4.69, 9.17) is 0 Å². The molecule has 1 aromatic heterocycles. The smallest absolute Gasteiger partial charge is 0.258 e. The van der Waals surface area contributed by atoms with Crippen LogP contribution in [0.5, 0.6) is 0 Å². The summed E-state index contributed by atoms with van der Waals surface area (Å²) in [4.78, 5) is 11.3. The fraction of sp³-hybridized carbons (Fsp3) is 0.231. The van der Waals surface area contributed by atoms with Crippen LogP contribution >= 0.6 is 11.3 Å². The molecule has 6 nitrogen and oxygen atoms in total. The topological polar surface area (TPSA) is 80.5 Å². The summed E-state index contributed by atoms with van der Waals surface area (Å²) in [5, 5.41) is 13.0. The number of nitro benzene ring substituents is 1. The highest BCUT2D eigenvalue weighted by Crippen LogP contribution is 2.31. The molecule has 0 saturated carbocycles. The first-order valence-electron chi connectivity index (χ1n) is 6.29. The predicted octanol–water partition coefficient (Wildman–Crippen LogP) is 2.40. The number of rotatable bonds is 3. The third-order valence-electron chi connectivity index (χ3n) is 3.45. The zero-order chi connectivity index (χ0) is 15.0. The van der Waals surface area contributed by atoms with Crippen molar-refractivity contribution in [3.63, 3.8) is 0 Å². The highest BCUT2D eigenvalue weighted by molar-refractivity contribution is 7.89. The standard InChI is InChI=1S/C13H12N2O4S2/c16-15(17)11-3-1-2-4-13(11)21(18,19)14-7-5-12-10(9-14)6-8-20-12/h1-4,6,8H,5,7,9H2. The van der Waals surface area contributed by atoms with Crippen LogP contribution in [-0.2, 0) is 23.0 Å². The first-order chi connectivity index (χ1) is 10.00. The van der Waals surface area contributed by atoms with E-state index < -0.39 is 14.9 Å². The van der Waals surface area contributed by atoms with Gasteiger partial charge in [-0.25, -0.2) is 8.42 Å². The summed E-state index contributed by atoms with van der Waals surface area (Å²) in [5.74, 6) is 0. The van der Waals surface area contributed by atoms with Crippen molar-refractivity contribution >= 4 is 27.0 Å². The lowest BCUT2D eigenvalue weighted by atomic mass is 10.1. The third-order valence-corrected chi connectivity index (χ3v) is 6.37. The van der Waals surface area contributed by atoms with Gasteiger partial charge in [-0.15, -0.1) is 11.3 Å². The van der Waals surface area contributed by atoms with E-state index in [1.165, 1.54) is 33.4 Å². The van der Waals surface area contributed by atoms with Crippen LogP contribution in [0.25, 0.3) is 0 Å². The van der Waals surface area contributed by atoms with Crippen molar-refractivity contribution in [2.75, 3.05) is 6.54 Å². The van der Waals surface area contributed by atoms with Crippen LogP contribution in [0.2, 0.25) is 0 Å². The van der Waals surface area contributed by atoms with Crippen molar-refractivity contribution in [2.24, 2.45) is 0 Å². The normalized spacial score (nSPS) is 15.6. The van der Waals surface area contributed by atoms with Gasteiger partial charge in [-0.1, -0.05) is 12.1 Å². The third kappa shape index (κ3) is 2.45. The Kier molecular flexibility index (Phi) is 3.52. The molecule has 1 aliphatic rings. The molecule has 0 aliphatic carbocycles. The molecule has 2 heterocycles. The Morgan fingerprint density at radius 1 is 1.24 bits per heavy atom. The molecule has 0 atom stereocenters. The molecule has 0 bridgehead atoms. The van der Waals surface area contributed by atoms with E-state index in [1.807, 2.05) is 11.4 Å². The number of hydrogen-bond donors (Lipinski definition) is 0. The maximum Gasteiger partial charge on any atom is 0.289 e. The lowest BCUT2D eigenvalue weighted by Crippen LogP contribution is -2.35. The molecule has 110 valence electrons. The average molecular weight is 324 g/mol. The van der Waals surface area contributed by atoms with E-state index in [1.54, 1.807) is 11.3 Å². The fourth-order valence-electron chi connectivity index (χ4n) is 2.39. The Hall–Kier alpha value is -1.77. The minimum atomic E-state index is -3.86. The van der Waals surface area contributed by atoms with Crippen molar-refractivity contribution in [1.29, 1.82) is 0 Å². The van der Waals surface area contributed by atoms with Crippen molar-refractivity contribution < 1.29 is 13.3 Å². The number of benzene rings is 1. The van der Waals surface area contributed by atoms with Gasteiger partial charge in [-0.2, -0.15) is 4.31 Å². The van der Waals surface area contributed by atoms with E-state index in [-0.39, 0.29) is 17.1 Å². The van der Waals surface area contributed by atoms with Gasteiger partial charge in [0.1, 0.15) is 0 Å². The maximum absolute atomic E-state index is 12.7. The van der Waals surface area contributed by atoms with Gasteiger partial charge in [-0.05, 0) is 29.5 Å². The Bertz CT molecular complexity index is 798. The highest BCUT2D eigenvalue weighted by Gasteiger charge is 2.33. The number of nitrogens with zero attached hydrogens (tertiary/aromatic N) is 2. The second-order valence-electron chi connectivity index (χ2n) is 4.68. The first kappa shape index (κ1) is 14.2. The summed E-state index contributed by atoms with van der Waals surface area (Å²) in [6.07, 6.45) is 0.646. The largest absolute Gasteiger partial charge is 0.289 e. The number of thiophene rings is 1. The minimum Gasteiger partial charge on any atom is -0.258 e. The van der Waals surface area contributed by atoms with Crippen LogP contribution in [0.15, 0.2) is 40.6 Å². The Morgan fingerprint density at radius 2 is 2.00 bits per heavy atom. The molecule has 0 unspecified atom stereocenters. The Morgan fingerprint density at radius 3 is 2.76 bits per heavy atom. The summed E-state index contributed by atoms with van der Waals surface area (Å²) in [7, 11) is -3.86. The summed E-state index contributed by atoms with van der Waals surface area (Å²) in [6, 6.07) is 7.37. The van der Waals surface area contributed by atoms with E-state index in [0.717, 1.165) is 5.56 Å². The minimum absolute atomic E-state index is 0.242. The molecule has 1 aromatic carbocycles. The second kappa shape index (κ2) is 5.21. The lowest BCUT2D eigenvalue weighted by molar-refractivity contribution is -0.387. The van der Waals surface area contributed by atoms with Gasteiger partial charge in [-0.3, -0.25) is 10.1 Å². The van der Waals surface area contributed by atoms with Crippen LogP contribution < -0.4 is 0 Å². The summed E-state index contributed by atoms with van der Waals surface area (Å²) in [5.41, 5.74) is 0.599. The van der Waals surface area contributed by atoms with E-state index in [2.05, 4.69) is 0 Å². The van der Waals surface area contributed by atoms with Crippen molar-refractivity contribution in [2.45, 2.75) is 17.9 Å². The summed E-state index contributed by atoms with van der Waals surface area (Å²) < 4.78 is 26.6. The van der Waals surface area contributed by atoms with Crippen LogP contribution in [0.3, 0.4) is 0 Å². The van der Waals surface area contributed by atoms with Crippen molar-refractivity contribution in [3.8, 4) is 0 Å². The number of fused-ring (bicyclic) bond motifs is 1. The second-order valence-corrected chi connectivity index (χ2v) is 7.59. The molecular formula is C13H12N2O4S2. The SMILES string of the molecule is O=[N+]([O-])c1ccccc1S(=O)(=O)N1CCc2sccc2C1. The number of hydrogen-bond acceptors (Lipinski definition) is 5. The molecule has 0 saturated heterocycles. The number of para-hydroxylation sites is 1. The highest BCUT2D eigenvalue weighted by atomic mass is 32.2. The van der Waals surface area contributed by atoms with Crippen LogP contribution in [-0.4, -0.2) is 24.2 Å². The monoisotopic (exact) mass is 324 g/mol. The first-order valence-corrected chi connectivity index (χ1v) is 8.61. The quantitative estimate of drug-likeness (QED) is 0.641. The molecule has 0 fully saturated rings. The molecule has 0 amide bonds. The predicted molar refractivity (Wildman–Crippen MR) is 78.7 cm³/mol. The zero-order valence-electron chi connectivity index (χ0n) is 10.9. The molecular weight excluding hydrogens is 312 g/mol. The van der Waals surface area contributed by atoms with Crippen molar-refractivity contribution in [1.82, 2.24) is 4.31 Å². The molecule has 0 spiro atoms. The molecule has 3 rings (SSSR count). The van der Waals surface area contributed by atoms with Gasteiger partial charge in [0.05, 0.1) is 4.92 Å². The number of nitro groups is 1. The van der Waals surface area contributed by atoms with E-state index >= 15 is 0 Å². The molecule has 0 radical (unpaired) electrons. The van der Waals surface area contributed by atoms with Gasteiger partial charge in [0.15, 0.2) is 4.90 Å². The Balaban J connectivity index is 2.01. The molecule has 8 heteroatoms. The van der Waals surface area contributed by atoms with Gasteiger partial charge in [0.2, 0.25) is 10.0 Å². The van der Waals surface area contributed by atoms with Crippen LogP contribution in [0, 0.1) is 10.1 Å². The van der Waals surface area contributed by atoms with E-state index in [9.17, 15) is 18.5 Å². The van der Waals surface area contributed by atoms with E-state index in [0.29, 0.717) is 13.0 Å².